The first-order valence-corrected chi connectivity index (χ1v) is 8.82. The highest BCUT2D eigenvalue weighted by atomic mass is 32.2. The lowest BCUT2D eigenvalue weighted by atomic mass is 10.3. The molecule has 4 rings (SSSR count). The van der Waals surface area contributed by atoms with E-state index in [1.54, 1.807) is 34.1 Å². The minimum absolute atomic E-state index is 0.336. The van der Waals surface area contributed by atoms with Gasteiger partial charge in [0.2, 0.25) is 11.7 Å². The third-order valence-electron chi connectivity index (χ3n) is 3.16. The highest BCUT2D eigenvalue weighted by molar-refractivity contribution is 7.98. The van der Waals surface area contributed by atoms with E-state index in [0.717, 1.165) is 4.88 Å². The molecule has 0 spiro atoms. The zero-order valence-corrected chi connectivity index (χ0v) is 13.8. The molecule has 0 saturated heterocycles. The number of halogens is 1. The Bertz CT molecular complexity index is 950. The molecule has 0 N–H and O–H groups in total. The van der Waals surface area contributed by atoms with Crippen molar-refractivity contribution in [3.63, 3.8) is 0 Å². The summed E-state index contributed by atoms with van der Waals surface area (Å²) in [7, 11) is 0. The van der Waals surface area contributed by atoms with E-state index >= 15 is 0 Å². The van der Waals surface area contributed by atoms with Gasteiger partial charge >= 0.3 is 0 Å². The Morgan fingerprint density at radius 3 is 2.96 bits per heavy atom. The average molecular weight is 359 g/mol. The van der Waals surface area contributed by atoms with E-state index in [0.29, 0.717) is 28.3 Å². The smallest absolute Gasteiger partial charge is 0.237 e. The molecule has 3 aromatic heterocycles. The highest BCUT2D eigenvalue weighted by Gasteiger charge is 2.14. The molecule has 0 bridgehead atoms. The Morgan fingerprint density at radius 1 is 1.21 bits per heavy atom. The van der Waals surface area contributed by atoms with E-state index in [9.17, 15) is 4.39 Å². The third-order valence-corrected chi connectivity index (χ3v) is 4.96. The van der Waals surface area contributed by atoms with Crippen LogP contribution in [0, 0.1) is 5.82 Å². The minimum atomic E-state index is -0.336. The molecule has 24 heavy (non-hydrogen) atoms. The quantitative estimate of drug-likeness (QED) is 0.505. The molecule has 9 heteroatoms. The Balaban J connectivity index is 1.52. The lowest BCUT2D eigenvalue weighted by Crippen LogP contribution is -1.98. The topological polar surface area (TPSA) is 69.6 Å². The number of rotatable bonds is 5. The molecule has 4 aromatic rings. The molecular formula is C15H10FN5OS2. The molecule has 1 aromatic carbocycles. The van der Waals surface area contributed by atoms with Crippen molar-refractivity contribution in [3.05, 3.63) is 59.8 Å². The fraction of sp³-hybridized carbons (Fsp3) is 0.0667. The molecular weight excluding hydrogens is 349 g/mol. The van der Waals surface area contributed by atoms with Crippen LogP contribution in [0.25, 0.3) is 16.4 Å². The summed E-state index contributed by atoms with van der Waals surface area (Å²) < 4.78 is 20.8. The summed E-state index contributed by atoms with van der Waals surface area (Å²) in [5.41, 5.74) is 0.398. The fourth-order valence-corrected chi connectivity index (χ4v) is 3.49. The van der Waals surface area contributed by atoms with Gasteiger partial charge < -0.3 is 4.52 Å². The van der Waals surface area contributed by atoms with Crippen molar-refractivity contribution in [1.82, 2.24) is 24.9 Å². The van der Waals surface area contributed by atoms with E-state index in [1.165, 1.54) is 24.2 Å². The standard InChI is InChI=1S/C15H10FN5OS2/c16-10-4-1-2-5-11(10)21-9-17-19-15(21)24-8-13-18-14(20-22-13)12-6-3-7-23-12/h1-7,9H,8H2. The van der Waals surface area contributed by atoms with Crippen molar-refractivity contribution in [2.45, 2.75) is 10.9 Å². The van der Waals surface area contributed by atoms with Crippen molar-refractivity contribution >= 4 is 23.1 Å². The maximum absolute atomic E-state index is 13.9. The van der Waals surface area contributed by atoms with Gasteiger partial charge in [-0.05, 0) is 23.6 Å². The second kappa shape index (κ2) is 6.54. The van der Waals surface area contributed by atoms with Gasteiger partial charge in [0, 0.05) is 0 Å². The van der Waals surface area contributed by atoms with Crippen LogP contribution in [-0.2, 0) is 5.75 Å². The minimum Gasteiger partial charge on any atom is -0.338 e. The van der Waals surface area contributed by atoms with Crippen molar-refractivity contribution in [1.29, 1.82) is 0 Å². The number of benzene rings is 1. The summed E-state index contributed by atoms with van der Waals surface area (Å²) in [5.74, 6) is 1.13. The van der Waals surface area contributed by atoms with Crippen LogP contribution in [-0.4, -0.2) is 24.9 Å². The zero-order valence-electron chi connectivity index (χ0n) is 12.2. The van der Waals surface area contributed by atoms with Crippen LogP contribution in [0.3, 0.4) is 0 Å². The van der Waals surface area contributed by atoms with Crippen molar-refractivity contribution in [3.8, 4) is 16.4 Å². The molecule has 0 atom stereocenters. The van der Waals surface area contributed by atoms with Gasteiger partial charge in [-0.25, -0.2) is 4.39 Å². The van der Waals surface area contributed by atoms with Crippen molar-refractivity contribution < 1.29 is 8.91 Å². The largest absolute Gasteiger partial charge is 0.338 e. The summed E-state index contributed by atoms with van der Waals surface area (Å²) in [6, 6.07) is 10.3. The van der Waals surface area contributed by atoms with Gasteiger partial charge in [-0.15, -0.1) is 21.5 Å². The summed E-state index contributed by atoms with van der Waals surface area (Å²) in [6.07, 6.45) is 1.48. The number of para-hydroxylation sites is 1. The summed E-state index contributed by atoms with van der Waals surface area (Å²) >= 11 is 2.90. The first kappa shape index (κ1) is 15.0. The third kappa shape index (κ3) is 2.95. The van der Waals surface area contributed by atoms with E-state index in [4.69, 9.17) is 4.52 Å². The maximum atomic E-state index is 13.9. The fourth-order valence-electron chi connectivity index (χ4n) is 2.08. The summed E-state index contributed by atoms with van der Waals surface area (Å²) in [5, 5.41) is 14.4. The van der Waals surface area contributed by atoms with Crippen LogP contribution >= 0.6 is 23.1 Å². The molecule has 0 amide bonds. The molecule has 0 aliphatic heterocycles. The molecule has 0 fully saturated rings. The van der Waals surface area contributed by atoms with E-state index in [2.05, 4.69) is 20.3 Å². The van der Waals surface area contributed by atoms with Crippen molar-refractivity contribution in [2.75, 3.05) is 0 Å². The second-order valence-corrected chi connectivity index (χ2v) is 6.60. The Morgan fingerprint density at radius 2 is 2.12 bits per heavy atom. The predicted molar refractivity (Wildman–Crippen MR) is 88.5 cm³/mol. The molecule has 3 heterocycles. The van der Waals surface area contributed by atoms with Gasteiger partial charge in [-0.2, -0.15) is 4.98 Å². The number of hydrogen-bond donors (Lipinski definition) is 0. The van der Waals surface area contributed by atoms with Crippen LogP contribution in [0.5, 0.6) is 0 Å². The molecule has 0 saturated carbocycles. The Hall–Kier alpha value is -2.52. The average Bonchev–Trinajstić information content (AvgIpc) is 3.34. The Labute approximate surface area is 144 Å². The van der Waals surface area contributed by atoms with Gasteiger partial charge in [0.25, 0.3) is 0 Å². The number of hydrogen-bond acceptors (Lipinski definition) is 7. The first-order valence-electron chi connectivity index (χ1n) is 6.95. The number of aromatic nitrogens is 5. The Kier molecular flexibility index (Phi) is 4.09. The molecule has 6 nitrogen and oxygen atoms in total. The zero-order chi connectivity index (χ0) is 16.4. The van der Waals surface area contributed by atoms with Crippen LogP contribution in [0.4, 0.5) is 4.39 Å². The van der Waals surface area contributed by atoms with E-state index < -0.39 is 0 Å². The number of nitrogens with zero attached hydrogens (tertiary/aromatic N) is 5. The molecule has 120 valence electrons. The lowest BCUT2D eigenvalue weighted by Gasteiger charge is -2.05. The van der Waals surface area contributed by atoms with Crippen LogP contribution in [0.1, 0.15) is 5.89 Å². The SMILES string of the molecule is Fc1ccccc1-n1cnnc1SCc1nc(-c2cccs2)no1. The molecule has 0 aliphatic rings. The van der Waals surface area contributed by atoms with E-state index in [-0.39, 0.29) is 5.82 Å². The molecule has 0 radical (unpaired) electrons. The van der Waals surface area contributed by atoms with Gasteiger partial charge in [0.15, 0.2) is 5.16 Å². The van der Waals surface area contributed by atoms with Gasteiger partial charge in [-0.1, -0.05) is 35.1 Å². The maximum Gasteiger partial charge on any atom is 0.237 e. The summed E-state index contributed by atoms with van der Waals surface area (Å²) in [6.45, 7) is 0. The molecule has 0 unspecified atom stereocenters. The predicted octanol–water partition coefficient (Wildman–Crippen LogP) is 3.81. The van der Waals surface area contributed by atoms with Gasteiger partial charge in [0.05, 0.1) is 16.3 Å². The van der Waals surface area contributed by atoms with Gasteiger partial charge in [0.1, 0.15) is 12.1 Å². The lowest BCUT2D eigenvalue weighted by molar-refractivity contribution is 0.391. The first-order chi connectivity index (χ1) is 11.8. The number of thiophene rings is 1. The monoisotopic (exact) mass is 359 g/mol. The van der Waals surface area contributed by atoms with Crippen LogP contribution in [0.15, 0.2) is 57.8 Å². The summed E-state index contributed by atoms with van der Waals surface area (Å²) in [4.78, 5) is 5.30. The second-order valence-electron chi connectivity index (χ2n) is 4.71. The highest BCUT2D eigenvalue weighted by Crippen LogP contribution is 2.26. The number of thioether (sulfide) groups is 1. The molecule has 0 aliphatic carbocycles. The van der Waals surface area contributed by atoms with Crippen LogP contribution < -0.4 is 0 Å². The van der Waals surface area contributed by atoms with Gasteiger partial charge in [-0.3, -0.25) is 4.57 Å². The van der Waals surface area contributed by atoms with E-state index in [1.807, 2.05) is 17.5 Å². The normalized spacial score (nSPS) is 11.0. The van der Waals surface area contributed by atoms with Crippen molar-refractivity contribution in [2.24, 2.45) is 0 Å². The van der Waals surface area contributed by atoms with Crippen LogP contribution in [0.2, 0.25) is 0 Å².